The van der Waals surface area contributed by atoms with Crippen molar-refractivity contribution in [1.82, 2.24) is 0 Å². The van der Waals surface area contributed by atoms with Gasteiger partial charge < -0.3 is 5.73 Å². The number of hydrogen-bond donors (Lipinski definition) is 1. The molecule has 0 spiro atoms. The van der Waals surface area contributed by atoms with Crippen molar-refractivity contribution in [3.63, 3.8) is 0 Å². The topological polar surface area (TPSA) is 26.0 Å². The Labute approximate surface area is 134 Å². The molecule has 0 radical (unpaired) electrons. The fraction of sp³-hybridized carbons (Fsp3) is 0.286. The monoisotopic (exact) mass is 435 g/mol. The van der Waals surface area contributed by atoms with Crippen molar-refractivity contribution >= 4 is 49.9 Å². The van der Waals surface area contributed by atoms with Crippen LogP contribution in [0.15, 0.2) is 34.8 Å². The third-order valence-electron chi connectivity index (χ3n) is 2.80. The van der Waals surface area contributed by atoms with Crippen LogP contribution < -0.4 is 5.73 Å². The van der Waals surface area contributed by atoms with Crippen molar-refractivity contribution in [3.05, 3.63) is 43.3 Å². The Bertz CT molecular complexity index is 538. The summed E-state index contributed by atoms with van der Waals surface area (Å²) in [5.41, 5.74) is 7.40. The molecular weight excluding hydrogens is 421 g/mol. The smallest absolute Gasteiger partial charge is 0.0389 e. The maximum Gasteiger partial charge on any atom is 0.0389 e. The van der Waals surface area contributed by atoms with Crippen molar-refractivity contribution in [2.75, 3.05) is 0 Å². The van der Waals surface area contributed by atoms with E-state index in [1.807, 2.05) is 0 Å². The number of thiophene rings is 1. The molecule has 0 fully saturated rings. The van der Waals surface area contributed by atoms with Crippen molar-refractivity contribution in [2.45, 2.75) is 25.8 Å². The van der Waals surface area contributed by atoms with Gasteiger partial charge in [-0.2, -0.15) is 0 Å². The Kier molecular flexibility index (Phi) is 5.24. The first-order valence-electron chi connectivity index (χ1n) is 5.92. The predicted octanol–water partition coefficient (Wildman–Crippen LogP) is 5.58. The predicted molar refractivity (Wildman–Crippen MR) is 92.0 cm³/mol. The lowest BCUT2D eigenvalue weighted by Crippen LogP contribution is -2.07. The van der Waals surface area contributed by atoms with Gasteiger partial charge in [-0.1, -0.05) is 19.4 Å². The first kappa shape index (κ1) is 14.5. The molecule has 2 rings (SSSR count). The quantitative estimate of drug-likeness (QED) is 0.623. The highest BCUT2D eigenvalue weighted by molar-refractivity contribution is 14.1. The van der Waals surface area contributed by atoms with E-state index in [9.17, 15) is 0 Å². The zero-order valence-electron chi connectivity index (χ0n) is 10.1. The van der Waals surface area contributed by atoms with Crippen LogP contribution in [-0.2, 0) is 0 Å². The number of hydrogen-bond acceptors (Lipinski definition) is 2. The van der Waals surface area contributed by atoms with Crippen molar-refractivity contribution in [2.24, 2.45) is 5.73 Å². The fourth-order valence-electron chi connectivity index (χ4n) is 1.81. The van der Waals surface area contributed by atoms with Gasteiger partial charge in [0.1, 0.15) is 0 Å². The zero-order chi connectivity index (χ0) is 13.1. The third-order valence-corrected chi connectivity index (χ3v) is 6.40. The Morgan fingerprint density at radius 1 is 1.33 bits per heavy atom. The van der Waals surface area contributed by atoms with Gasteiger partial charge in [-0.3, -0.25) is 0 Å². The van der Waals surface area contributed by atoms with Gasteiger partial charge in [0.05, 0.1) is 0 Å². The standard InChI is InChI=1S/C14H15BrINS/c1-2-3-12(17)14-7-6-13(18-14)9-4-5-11(16)10(15)8-9/h4-8,12H,2-3,17H2,1H3. The van der Waals surface area contributed by atoms with Gasteiger partial charge in [0.25, 0.3) is 0 Å². The summed E-state index contributed by atoms with van der Waals surface area (Å²) in [6, 6.07) is 11.0. The van der Waals surface area contributed by atoms with Crippen molar-refractivity contribution in [3.8, 4) is 10.4 Å². The summed E-state index contributed by atoms with van der Waals surface area (Å²) >= 11 is 7.70. The van der Waals surface area contributed by atoms with E-state index < -0.39 is 0 Å². The van der Waals surface area contributed by atoms with E-state index in [0.29, 0.717) is 0 Å². The molecule has 0 aliphatic heterocycles. The summed E-state index contributed by atoms with van der Waals surface area (Å²) in [6.07, 6.45) is 2.18. The second-order valence-electron chi connectivity index (χ2n) is 4.23. The molecule has 0 aliphatic rings. The summed E-state index contributed by atoms with van der Waals surface area (Å²) in [6.45, 7) is 2.17. The van der Waals surface area contributed by atoms with Gasteiger partial charge in [0.15, 0.2) is 0 Å². The Balaban J connectivity index is 2.26. The summed E-state index contributed by atoms with van der Waals surface area (Å²) < 4.78 is 2.38. The lowest BCUT2D eigenvalue weighted by molar-refractivity contribution is 0.648. The second kappa shape index (κ2) is 6.50. The maximum absolute atomic E-state index is 6.15. The van der Waals surface area contributed by atoms with E-state index >= 15 is 0 Å². The number of halogens is 2. The van der Waals surface area contributed by atoms with Crippen LogP contribution in [0.3, 0.4) is 0 Å². The maximum atomic E-state index is 6.15. The van der Waals surface area contributed by atoms with Crippen LogP contribution in [0.1, 0.15) is 30.7 Å². The second-order valence-corrected chi connectivity index (χ2v) is 7.36. The molecule has 0 saturated carbocycles. The molecule has 1 unspecified atom stereocenters. The van der Waals surface area contributed by atoms with Gasteiger partial charge in [-0.05, 0) is 74.8 Å². The van der Waals surface area contributed by atoms with E-state index in [0.717, 1.165) is 17.3 Å². The average Bonchev–Trinajstić information content (AvgIpc) is 2.82. The average molecular weight is 436 g/mol. The molecule has 4 heteroatoms. The number of nitrogens with two attached hydrogens (primary N) is 1. The molecule has 96 valence electrons. The Hall–Kier alpha value is 0.0900. The van der Waals surface area contributed by atoms with Crippen LogP contribution in [0, 0.1) is 3.57 Å². The third kappa shape index (κ3) is 3.35. The lowest BCUT2D eigenvalue weighted by Gasteiger charge is -2.06. The first-order valence-corrected chi connectivity index (χ1v) is 8.61. The molecule has 0 bridgehead atoms. The molecule has 18 heavy (non-hydrogen) atoms. The van der Waals surface area contributed by atoms with Gasteiger partial charge >= 0.3 is 0 Å². The minimum atomic E-state index is 0.182. The van der Waals surface area contributed by atoms with Gasteiger partial charge in [-0.25, -0.2) is 0 Å². The highest BCUT2D eigenvalue weighted by Gasteiger charge is 2.10. The fourth-order valence-corrected chi connectivity index (χ4v) is 3.56. The van der Waals surface area contributed by atoms with Gasteiger partial charge in [0.2, 0.25) is 0 Å². The molecule has 1 atom stereocenters. The molecular formula is C14H15BrINS. The summed E-state index contributed by atoms with van der Waals surface area (Å²) in [4.78, 5) is 2.56. The van der Waals surface area contributed by atoms with Crippen LogP contribution in [0.25, 0.3) is 10.4 Å². The summed E-state index contributed by atoms with van der Waals surface area (Å²) in [5, 5.41) is 0. The molecule has 1 aromatic heterocycles. The Morgan fingerprint density at radius 2 is 2.11 bits per heavy atom. The molecule has 0 aliphatic carbocycles. The van der Waals surface area contributed by atoms with Gasteiger partial charge in [-0.15, -0.1) is 11.3 Å². The van der Waals surface area contributed by atoms with E-state index in [1.165, 1.54) is 18.9 Å². The van der Waals surface area contributed by atoms with E-state index in [1.54, 1.807) is 11.3 Å². The van der Waals surface area contributed by atoms with Crippen LogP contribution in [0.2, 0.25) is 0 Å². The molecule has 2 aromatic rings. The van der Waals surface area contributed by atoms with Crippen molar-refractivity contribution < 1.29 is 0 Å². The minimum Gasteiger partial charge on any atom is -0.323 e. The SMILES string of the molecule is CCCC(N)c1ccc(-c2ccc(I)c(Br)c2)s1. The summed E-state index contributed by atoms with van der Waals surface area (Å²) in [7, 11) is 0. The Morgan fingerprint density at radius 3 is 2.78 bits per heavy atom. The minimum absolute atomic E-state index is 0.182. The molecule has 2 N–H and O–H groups in total. The normalized spacial score (nSPS) is 12.7. The number of benzene rings is 1. The molecule has 1 nitrogen and oxygen atoms in total. The van der Waals surface area contributed by atoms with E-state index in [2.05, 4.69) is 75.8 Å². The van der Waals surface area contributed by atoms with Crippen LogP contribution >= 0.6 is 49.9 Å². The molecule has 0 amide bonds. The van der Waals surface area contributed by atoms with E-state index in [-0.39, 0.29) is 6.04 Å². The van der Waals surface area contributed by atoms with Crippen LogP contribution in [0.5, 0.6) is 0 Å². The largest absolute Gasteiger partial charge is 0.323 e. The highest BCUT2D eigenvalue weighted by atomic mass is 127. The number of rotatable bonds is 4. The first-order chi connectivity index (χ1) is 8.61. The zero-order valence-corrected chi connectivity index (χ0v) is 14.7. The van der Waals surface area contributed by atoms with Crippen LogP contribution in [0.4, 0.5) is 0 Å². The molecule has 1 heterocycles. The summed E-state index contributed by atoms with van der Waals surface area (Å²) in [5.74, 6) is 0. The molecule has 0 saturated heterocycles. The molecule has 1 aromatic carbocycles. The van der Waals surface area contributed by atoms with Crippen molar-refractivity contribution in [1.29, 1.82) is 0 Å². The highest BCUT2D eigenvalue weighted by Crippen LogP contribution is 2.34. The van der Waals surface area contributed by atoms with E-state index in [4.69, 9.17) is 5.73 Å². The lowest BCUT2D eigenvalue weighted by atomic mass is 10.1. The van der Waals surface area contributed by atoms with Crippen LogP contribution in [-0.4, -0.2) is 0 Å². The van der Waals surface area contributed by atoms with Gasteiger partial charge in [0, 0.05) is 23.8 Å².